The highest BCUT2D eigenvalue weighted by Crippen LogP contribution is 2.18. The fourth-order valence-corrected chi connectivity index (χ4v) is 2.80. The maximum absolute atomic E-state index is 13.1. The van der Waals surface area contributed by atoms with Gasteiger partial charge in [-0.05, 0) is 36.2 Å². The van der Waals surface area contributed by atoms with E-state index in [9.17, 15) is 4.39 Å². The number of halogens is 3. The van der Waals surface area contributed by atoms with Crippen LogP contribution in [0, 0.1) is 5.82 Å². The second-order valence-corrected chi connectivity index (χ2v) is 6.26. The average molecular weight is 515 g/mol. The summed E-state index contributed by atoms with van der Waals surface area (Å²) in [6.07, 6.45) is 2.28. The maximum Gasteiger partial charge on any atom is 0.226 e. The van der Waals surface area contributed by atoms with Crippen molar-refractivity contribution in [1.29, 1.82) is 0 Å². The van der Waals surface area contributed by atoms with Gasteiger partial charge >= 0.3 is 0 Å². The molecule has 2 aromatic carbocycles. The molecule has 8 heteroatoms. The van der Waals surface area contributed by atoms with E-state index >= 15 is 0 Å². The highest BCUT2D eigenvalue weighted by molar-refractivity contribution is 14.0. The average Bonchev–Trinajstić information content (AvgIpc) is 3.16. The quantitative estimate of drug-likeness (QED) is 0.285. The van der Waals surface area contributed by atoms with E-state index in [0.29, 0.717) is 36.4 Å². The third kappa shape index (κ3) is 6.20. The molecule has 0 saturated carbocycles. The summed E-state index contributed by atoms with van der Waals surface area (Å²) in [5, 5.41) is 6.81. The molecule has 3 rings (SSSR count). The fourth-order valence-electron chi connectivity index (χ4n) is 2.54. The highest BCUT2D eigenvalue weighted by Gasteiger charge is 2.07. The van der Waals surface area contributed by atoms with Crippen molar-refractivity contribution in [2.45, 2.75) is 13.0 Å². The number of hydrogen-bond acceptors (Lipinski definition) is 3. The number of nitrogens with zero attached hydrogens (tertiary/aromatic N) is 2. The van der Waals surface area contributed by atoms with Crippen LogP contribution < -0.4 is 10.6 Å². The first-order valence-corrected chi connectivity index (χ1v) is 8.92. The number of aliphatic imine (C=N–C) groups is 1. The summed E-state index contributed by atoms with van der Waals surface area (Å²) < 4.78 is 18.6. The number of aromatic nitrogens is 1. The van der Waals surface area contributed by atoms with Gasteiger partial charge in [-0.3, -0.25) is 4.99 Å². The van der Waals surface area contributed by atoms with Crippen molar-refractivity contribution < 1.29 is 8.81 Å². The van der Waals surface area contributed by atoms with Crippen molar-refractivity contribution in [3.05, 3.63) is 76.9 Å². The van der Waals surface area contributed by atoms with Gasteiger partial charge in [-0.2, -0.15) is 0 Å². The Bertz CT molecular complexity index is 918. The van der Waals surface area contributed by atoms with E-state index in [-0.39, 0.29) is 29.8 Å². The molecule has 28 heavy (non-hydrogen) atoms. The molecule has 0 spiro atoms. The Kier molecular flexibility index (Phi) is 8.72. The van der Waals surface area contributed by atoms with Crippen LogP contribution in [0.5, 0.6) is 0 Å². The highest BCUT2D eigenvalue weighted by atomic mass is 127. The Hall–Kier alpha value is -2.13. The van der Waals surface area contributed by atoms with Gasteiger partial charge in [0.15, 0.2) is 5.96 Å². The third-order valence-electron chi connectivity index (χ3n) is 3.93. The minimum Gasteiger partial charge on any atom is -0.444 e. The number of benzene rings is 2. The van der Waals surface area contributed by atoms with Crippen LogP contribution in [0.3, 0.4) is 0 Å². The second-order valence-electron chi connectivity index (χ2n) is 5.85. The monoisotopic (exact) mass is 514 g/mol. The Labute approximate surface area is 185 Å². The summed E-state index contributed by atoms with van der Waals surface area (Å²) in [6, 6.07) is 14.1. The van der Waals surface area contributed by atoms with Gasteiger partial charge in [-0.15, -0.1) is 24.0 Å². The van der Waals surface area contributed by atoms with E-state index in [1.807, 2.05) is 30.3 Å². The number of nitrogens with one attached hydrogen (secondary N) is 2. The molecule has 0 amide bonds. The molecule has 0 atom stereocenters. The van der Waals surface area contributed by atoms with Gasteiger partial charge in [0, 0.05) is 24.2 Å². The Balaban J connectivity index is 0.00000280. The first-order chi connectivity index (χ1) is 13.2. The molecule has 0 aliphatic heterocycles. The minimum absolute atomic E-state index is 0. The van der Waals surface area contributed by atoms with Crippen molar-refractivity contribution in [3.63, 3.8) is 0 Å². The third-order valence-corrected chi connectivity index (χ3v) is 4.29. The topological polar surface area (TPSA) is 62.5 Å². The van der Waals surface area contributed by atoms with E-state index < -0.39 is 0 Å². The normalized spacial score (nSPS) is 11.0. The molecule has 1 aromatic heterocycles. The van der Waals surface area contributed by atoms with Gasteiger partial charge in [0.2, 0.25) is 5.89 Å². The van der Waals surface area contributed by atoms with Gasteiger partial charge in [-0.1, -0.05) is 35.9 Å². The van der Waals surface area contributed by atoms with Gasteiger partial charge < -0.3 is 15.1 Å². The van der Waals surface area contributed by atoms with E-state index in [1.165, 1.54) is 12.1 Å². The lowest BCUT2D eigenvalue weighted by Crippen LogP contribution is -2.37. The van der Waals surface area contributed by atoms with Crippen LogP contribution >= 0.6 is 35.6 Å². The van der Waals surface area contributed by atoms with Crippen LogP contribution in [-0.2, 0) is 13.0 Å². The smallest absolute Gasteiger partial charge is 0.226 e. The molecule has 0 unspecified atom stereocenters. The molecule has 1 heterocycles. The number of oxazole rings is 1. The molecule has 148 valence electrons. The van der Waals surface area contributed by atoms with Crippen molar-refractivity contribution in [3.8, 4) is 11.5 Å². The number of rotatable bonds is 6. The van der Waals surface area contributed by atoms with Crippen molar-refractivity contribution in [2.24, 2.45) is 4.99 Å². The maximum atomic E-state index is 13.1. The van der Waals surface area contributed by atoms with Gasteiger partial charge in [0.05, 0.1) is 12.2 Å². The summed E-state index contributed by atoms with van der Waals surface area (Å²) in [4.78, 5) is 8.65. The molecule has 0 saturated heterocycles. The largest absolute Gasteiger partial charge is 0.444 e. The second kappa shape index (κ2) is 11.0. The van der Waals surface area contributed by atoms with Gasteiger partial charge in [0.25, 0.3) is 0 Å². The van der Waals surface area contributed by atoms with Crippen molar-refractivity contribution in [2.75, 3.05) is 13.6 Å². The summed E-state index contributed by atoms with van der Waals surface area (Å²) in [6.45, 7) is 1.09. The van der Waals surface area contributed by atoms with Crippen LogP contribution in [0.2, 0.25) is 5.02 Å². The number of hydrogen-bond donors (Lipinski definition) is 2. The molecule has 2 N–H and O–H groups in total. The molecule has 5 nitrogen and oxygen atoms in total. The lowest BCUT2D eigenvalue weighted by atomic mass is 10.1. The Morgan fingerprint density at radius 2 is 1.96 bits per heavy atom. The van der Waals surface area contributed by atoms with Crippen LogP contribution in [0.15, 0.2) is 64.2 Å². The molecule has 0 fully saturated rings. The first-order valence-electron chi connectivity index (χ1n) is 8.54. The Morgan fingerprint density at radius 3 is 2.68 bits per heavy atom. The lowest BCUT2D eigenvalue weighted by molar-refractivity contribution is 0.572. The zero-order valence-corrected chi connectivity index (χ0v) is 18.4. The van der Waals surface area contributed by atoms with E-state index in [1.54, 1.807) is 19.4 Å². The molecule has 0 aliphatic rings. The lowest BCUT2D eigenvalue weighted by Gasteiger charge is -2.11. The van der Waals surface area contributed by atoms with Crippen LogP contribution in [0.4, 0.5) is 4.39 Å². The molecule has 3 aromatic rings. The Morgan fingerprint density at radius 1 is 1.18 bits per heavy atom. The zero-order valence-electron chi connectivity index (χ0n) is 15.3. The van der Waals surface area contributed by atoms with Crippen LogP contribution in [0.1, 0.15) is 11.3 Å². The fraction of sp³-hybridized carbons (Fsp3) is 0.200. The van der Waals surface area contributed by atoms with Gasteiger partial charge in [-0.25, -0.2) is 9.37 Å². The van der Waals surface area contributed by atoms with Crippen molar-refractivity contribution in [1.82, 2.24) is 15.6 Å². The molecular weight excluding hydrogens is 494 g/mol. The van der Waals surface area contributed by atoms with E-state index in [4.69, 9.17) is 16.0 Å². The van der Waals surface area contributed by atoms with Gasteiger partial charge in [0.1, 0.15) is 12.1 Å². The SMILES string of the molecule is CN=C(NCCc1ccc(F)cc1Cl)NCc1coc(-c2ccccc2)n1.I. The van der Waals surface area contributed by atoms with Crippen LogP contribution in [0.25, 0.3) is 11.5 Å². The van der Waals surface area contributed by atoms with Crippen molar-refractivity contribution >= 4 is 41.5 Å². The minimum atomic E-state index is -0.336. The molecule has 0 bridgehead atoms. The predicted octanol–water partition coefficient (Wildman–Crippen LogP) is 4.66. The molecular formula is C20H21ClFIN4O. The van der Waals surface area contributed by atoms with Crippen LogP contribution in [-0.4, -0.2) is 24.5 Å². The summed E-state index contributed by atoms with van der Waals surface area (Å²) in [5.74, 6) is 0.885. The summed E-state index contributed by atoms with van der Waals surface area (Å²) >= 11 is 6.04. The predicted molar refractivity (Wildman–Crippen MR) is 121 cm³/mol. The summed E-state index contributed by atoms with van der Waals surface area (Å²) in [5.41, 5.74) is 2.59. The first kappa shape index (κ1) is 22.2. The number of guanidine groups is 1. The summed E-state index contributed by atoms with van der Waals surface area (Å²) in [7, 11) is 1.69. The van der Waals surface area contributed by atoms with E-state index in [2.05, 4.69) is 20.6 Å². The zero-order chi connectivity index (χ0) is 19.1. The molecule has 0 radical (unpaired) electrons. The molecule has 0 aliphatic carbocycles. The standard InChI is InChI=1S/C20H20ClFN4O.HI/c1-23-20(24-10-9-14-7-8-16(22)11-18(14)21)25-12-17-13-27-19(26-17)15-5-3-2-4-6-15;/h2-8,11,13H,9-10,12H2,1H3,(H2,23,24,25);1H. The van der Waals surface area contributed by atoms with E-state index in [0.717, 1.165) is 16.8 Å².